The van der Waals surface area contributed by atoms with Gasteiger partial charge in [-0.3, -0.25) is 0 Å². The van der Waals surface area contributed by atoms with E-state index in [0.29, 0.717) is 17.1 Å². The maximum absolute atomic E-state index is 9.41. The van der Waals surface area contributed by atoms with Crippen molar-refractivity contribution in [1.82, 2.24) is 15.0 Å². The number of hydrogen-bond donors (Lipinski definition) is 0. The van der Waals surface area contributed by atoms with Gasteiger partial charge in [0.25, 0.3) is 0 Å². The molecule has 0 radical (unpaired) electrons. The molecule has 0 spiro atoms. The third-order valence-electron chi connectivity index (χ3n) is 8.14. The molecular formula is C42H24N6. The van der Waals surface area contributed by atoms with E-state index in [2.05, 4.69) is 87.8 Å². The number of nitrogens with zero attached hydrogens (tertiary/aromatic N) is 6. The van der Waals surface area contributed by atoms with E-state index in [1.54, 1.807) is 36.8 Å². The molecule has 0 bridgehead atoms. The van der Waals surface area contributed by atoms with Crippen LogP contribution >= 0.6 is 0 Å². The van der Waals surface area contributed by atoms with Crippen LogP contribution in [-0.4, -0.2) is 15.0 Å². The van der Waals surface area contributed by atoms with Crippen molar-refractivity contribution in [2.75, 3.05) is 0 Å². The van der Waals surface area contributed by atoms with Gasteiger partial charge in [-0.2, -0.15) is 15.8 Å². The molecule has 6 nitrogen and oxygen atoms in total. The summed E-state index contributed by atoms with van der Waals surface area (Å²) >= 11 is 0. The highest BCUT2D eigenvalue weighted by atomic mass is 14.7. The zero-order valence-corrected chi connectivity index (χ0v) is 25.5. The lowest BCUT2D eigenvalue weighted by Gasteiger charge is -2.14. The lowest BCUT2D eigenvalue weighted by Crippen LogP contribution is -1.89. The SMILES string of the molecule is N#Cc1cc(-c2cccc(-c3cc(-c4cccc(-c5ccnc(C#N)c5)c4)cc(-c4cccc(-c5ccnc(C#N)c5)c4)c3)c2)ccn1. The third kappa shape index (κ3) is 6.17. The Morgan fingerprint density at radius 2 is 0.521 bits per heavy atom. The molecule has 48 heavy (non-hydrogen) atoms. The second-order valence-corrected chi connectivity index (χ2v) is 11.2. The summed E-state index contributed by atoms with van der Waals surface area (Å²) in [4.78, 5) is 12.4. The molecule has 0 aliphatic carbocycles. The van der Waals surface area contributed by atoms with Crippen LogP contribution in [-0.2, 0) is 0 Å². The van der Waals surface area contributed by atoms with Crippen LogP contribution in [0.4, 0.5) is 0 Å². The molecule has 7 aromatic rings. The Hall–Kier alpha value is -7.20. The van der Waals surface area contributed by atoms with E-state index in [1.165, 1.54) is 0 Å². The predicted octanol–water partition coefficient (Wildman–Crippen LogP) is 9.49. The van der Waals surface area contributed by atoms with Crippen LogP contribution in [0.2, 0.25) is 0 Å². The van der Waals surface area contributed by atoms with Gasteiger partial charge in [0.2, 0.25) is 0 Å². The third-order valence-corrected chi connectivity index (χ3v) is 8.14. The Morgan fingerprint density at radius 1 is 0.292 bits per heavy atom. The highest BCUT2D eigenvalue weighted by molar-refractivity contribution is 5.85. The van der Waals surface area contributed by atoms with E-state index in [4.69, 9.17) is 0 Å². The standard InChI is InChI=1S/C42H24N6/c43-25-40-22-34(10-13-46-40)28-4-1-7-31(16-28)37-19-38(32-8-2-5-29(17-32)35-11-14-47-41(23-35)26-44)21-39(20-37)33-9-3-6-30(18-33)36-12-15-48-42(24-36)27-45/h1-24H. The van der Waals surface area contributed by atoms with Crippen molar-refractivity contribution in [1.29, 1.82) is 15.8 Å². The summed E-state index contributed by atoms with van der Waals surface area (Å²) < 4.78 is 0. The molecule has 0 N–H and O–H groups in total. The highest BCUT2D eigenvalue weighted by Gasteiger charge is 2.12. The van der Waals surface area contributed by atoms with Crippen LogP contribution in [0.3, 0.4) is 0 Å². The van der Waals surface area contributed by atoms with Crippen molar-refractivity contribution < 1.29 is 0 Å². The van der Waals surface area contributed by atoms with Gasteiger partial charge in [-0.05, 0) is 140 Å². The minimum atomic E-state index is 0.370. The molecule has 0 amide bonds. The second kappa shape index (κ2) is 13.0. The number of hydrogen-bond acceptors (Lipinski definition) is 6. The van der Waals surface area contributed by atoms with Crippen LogP contribution in [0, 0.1) is 34.0 Å². The summed E-state index contributed by atoms with van der Waals surface area (Å²) in [6, 6.07) is 48.9. The van der Waals surface area contributed by atoms with Gasteiger partial charge in [0, 0.05) is 18.6 Å². The van der Waals surface area contributed by atoms with E-state index in [0.717, 1.165) is 66.8 Å². The Bertz CT molecular complexity index is 2170. The zero-order chi connectivity index (χ0) is 32.9. The Balaban J connectivity index is 1.38. The molecule has 0 saturated heterocycles. The van der Waals surface area contributed by atoms with Crippen LogP contribution in [0.15, 0.2) is 146 Å². The summed E-state index contributed by atoms with van der Waals surface area (Å²) in [5.41, 5.74) is 13.0. The van der Waals surface area contributed by atoms with Crippen molar-refractivity contribution >= 4 is 0 Å². The van der Waals surface area contributed by atoms with E-state index in [1.807, 2.05) is 54.6 Å². The smallest absolute Gasteiger partial charge is 0.141 e. The van der Waals surface area contributed by atoms with E-state index in [9.17, 15) is 15.8 Å². The van der Waals surface area contributed by atoms with Gasteiger partial charge < -0.3 is 0 Å². The molecule has 3 heterocycles. The molecule has 4 aromatic carbocycles. The normalized spacial score (nSPS) is 10.4. The monoisotopic (exact) mass is 612 g/mol. The summed E-state index contributed by atoms with van der Waals surface area (Å²) in [5, 5.41) is 28.2. The molecule has 0 saturated carbocycles. The van der Waals surface area contributed by atoms with Gasteiger partial charge in [-0.15, -0.1) is 0 Å². The lowest BCUT2D eigenvalue weighted by atomic mass is 9.90. The van der Waals surface area contributed by atoms with Crippen LogP contribution < -0.4 is 0 Å². The fourth-order valence-electron chi connectivity index (χ4n) is 5.78. The van der Waals surface area contributed by atoms with Gasteiger partial charge in [0.1, 0.15) is 35.3 Å². The first-order chi connectivity index (χ1) is 23.6. The first kappa shape index (κ1) is 29.5. The molecular weight excluding hydrogens is 589 g/mol. The molecule has 6 heteroatoms. The molecule has 0 aliphatic rings. The molecule has 0 atom stereocenters. The lowest BCUT2D eigenvalue weighted by molar-refractivity contribution is 1.26. The summed E-state index contributed by atoms with van der Waals surface area (Å²) in [6.45, 7) is 0. The van der Waals surface area contributed by atoms with E-state index in [-0.39, 0.29) is 0 Å². The summed E-state index contributed by atoms with van der Waals surface area (Å²) in [5.74, 6) is 0. The van der Waals surface area contributed by atoms with Gasteiger partial charge >= 0.3 is 0 Å². The number of aromatic nitrogens is 3. The fourth-order valence-corrected chi connectivity index (χ4v) is 5.78. The van der Waals surface area contributed by atoms with Crippen LogP contribution in [0.25, 0.3) is 66.8 Å². The first-order valence-electron chi connectivity index (χ1n) is 15.2. The number of pyridine rings is 3. The number of benzene rings is 4. The number of rotatable bonds is 6. The molecule has 0 aliphatic heterocycles. The van der Waals surface area contributed by atoms with Crippen LogP contribution in [0.5, 0.6) is 0 Å². The molecule has 3 aromatic heterocycles. The Kier molecular flexibility index (Phi) is 8.01. The largest absolute Gasteiger partial charge is 0.246 e. The van der Waals surface area contributed by atoms with Gasteiger partial charge in [-0.25, -0.2) is 15.0 Å². The van der Waals surface area contributed by atoms with Crippen molar-refractivity contribution in [3.63, 3.8) is 0 Å². The Labute approximate surface area is 278 Å². The molecule has 222 valence electrons. The van der Waals surface area contributed by atoms with Crippen molar-refractivity contribution in [2.45, 2.75) is 0 Å². The van der Waals surface area contributed by atoms with Crippen LogP contribution in [0.1, 0.15) is 17.1 Å². The van der Waals surface area contributed by atoms with E-state index < -0.39 is 0 Å². The first-order valence-corrected chi connectivity index (χ1v) is 15.2. The maximum atomic E-state index is 9.41. The van der Waals surface area contributed by atoms with Gasteiger partial charge in [-0.1, -0.05) is 54.6 Å². The highest BCUT2D eigenvalue weighted by Crippen LogP contribution is 2.37. The number of nitriles is 3. The molecule has 0 fully saturated rings. The van der Waals surface area contributed by atoms with E-state index >= 15 is 0 Å². The molecule has 7 rings (SSSR count). The second-order valence-electron chi connectivity index (χ2n) is 11.2. The topological polar surface area (TPSA) is 110 Å². The minimum Gasteiger partial charge on any atom is -0.246 e. The van der Waals surface area contributed by atoms with Crippen molar-refractivity contribution in [3.8, 4) is 85.0 Å². The quantitative estimate of drug-likeness (QED) is 0.185. The Morgan fingerprint density at radius 3 is 0.792 bits per heavy atom. The zero-order valence-electron chi connectivity index (χ0n) is 25.5. The van der Waals surface area contributed by atoms with Crippen molar-refractivity contribution in [3.05, 3.63) is 163 Å². The molecule has 0 unspecified atom stereocenters. The minimum absolute atomic E-state index is 0.370. The summed E-state index contributed by atoms with van der Waals surface area (Å²) in [7, 11) is 0. The average Bonchev–Trinajstić information content (AvgIpc) is 3.18. The predicted molar refractivity (Wildman–Crippen MR) is 187 cm³/mol. The maximum Gasteiger partial charge on any atom is 0.141 e. The van der Waals surface area contributed by atoms with Crippen molar-refractivity contribution in [2.24, 2.45) is 0 Å². The fraction of sp³-hybridized carbons (Fsp3) is 0. The summed E-state index contributed by atoms with van der Waals surface area (Å²) in [6.07, 6.45) is 4.97. The average molecular weight is 613 g/mol. The van der Waals surface area contributed by atoms with Gasteiger partial charge in [0.15, 0.2) is 0 Å². The van der Waals surface area contributed by atoms with Gasteiger partial charge in [0.05, 0.1) is 0 Å².